The molecule has 0 N–H and O–H groups in total. The van der Waals surface area contributed by atoms with E-state index < -0.39 is 11.1 Å². The SMILES string of the molecule is CC1(CS(=O)[O-])CC1.[Na+]. The summed E-state index contributed by atoms with van der Waals surface area (Å²) in [4.78, 5) is 0. The third-order valence-corrected chi connectivity index (χ3v) is 2.50. The summed E-state index contributed by atoms with van der Waals surface area (Å²) in [6, 6.07) is 0. The average Bonchev–Trinajstić information content (AvgIpc) is 2.17. The van der Waals surface area contributed by atoms with Crippen LogP contribution in [0.3, 0.4) is 0 Å². The molecule has 0 saturated heterocycles. The van der Waals surface area contributed by atoms with Gasteiger partial charge in [-0.3, -0.25) is 4.21 Å². The van der Waals surface area contributed by atoms with Crippen LogP contribution in [0.15, 0.2) is 0 Å². The van der Waals surface area contributed by atoms with Crippen LogP contribution in [0.1, 0.15) is 19.8 Å². The molecule has 9 heavy (non-hydrogen) atoms. The zero-order valence-corrected chi connectivity index (χ0v) is 8.66. The predicted molar refractivity (Wildman–Crippen MR) is 31.1 cm³/mol. The first-order valence-electron chi connectivity index (χ1n) is 2.68. The molecule has 1 atom stereocenters. The molecular formula is C5H9NaO2S. The minimum Gasteiger partial charge on any atom is -0.772 e. The average molecular weight is 156 g/mol. The fourth-order valence-corrected chi connectivity index (χ4v) is 1.50. The molecule has 0 radical (unpaired) electrons. The molecule has 0 heterocycles. The standard InChI is InChI=1S/C5H10O2S.Na/c1-5(2-3-5)4-8(6)7;/h2-4H2,1H3,(H,6,7);/q;+1/p-1. The van der Waals surface area contributed by atoms with Crippen molar-refractivity contribution >= 4 is 11.1 Å². The second kappa shape index (κ2) is 3.49. The summed E-state index contributed by atoms with van der Waals surface area (Å²) in [7, 11) is 0. The molecule has 1 aliphatic rings. The molecule has 1 saturated carbocycles. The molecule has 4 heteroatoms. The van der Waals surface area contributed by atoms with Crippen molar-refractivity contribution in [2.45, 2.75) is 19.8 Å². The molecule has 0 aliphatic heterocycles. The second-order valence-corrected chi connectivity index (χ2v) is 3.65. The van der Waals surface area contributed by atoms with E-state index >= 15 is 0 Å². The molecule has 0 aromatic carbocycles. The van der Waals surface area contributed by atoms with Gasteiger partial charge in [-0.2, -0.15) is 0 Å². The Balaban J connectivity index is 0.000000640. The zero-order valence-electron chi connectivity index (χ0n) is 5.85. The van der Waals surface area contributed by atoms with E-state index in [4.69, 9.17) is 0 Å². The molecule has 0 spiro atoms. The van der Waals surface area contributed by atoms with Crippen molar-refractivity contribution in [3.8, 4) is 0 Å². The molecule has 0 bridgehead atoms. The van der Waals surface area contributed by atoms with Gasteiger partial charge in [-0.05, 0) is 18.3 Å². The van der Waals surface area contributed by atoms with Crippen molar-refractivity contribution < 1.29 is 38.3 Å². The van der Waals surface area contributed by atoms with E-state index in [1.165, 1.54) is 0 Å². The predicted octanol–water partition coefficient (Wildman–Crippen LogP) is -2.33. The monoisotopic (exact) mass is 156 g/mol. The number of hydrogen-bond donors (Lipinski definition) is 0. The van der Waals surface area contributed by atoms with Gasteiger partial charge in [0.15, 0.2) is 0 Å². The Morgan fingerprint density at radius 2 is 2.11 bits per heavy atom. The van der Waals surface area contributed by atoms with Crippen molar-refractivity contribution in [1.29, 1.82) is 0 Å². The Morgan fingerprint density at radius 1 is 1.67 bits per heavy atom. The molecule has 48 valence electrons. The van der Waals surface area contributed by atoms with Gasteiger partial charge < -0.3 is 4.55 Å². The van der Waals surface area contributed by atoms with Gasteiger partial charge in [-0.25, -0.2) is 0 Å². The summed E-state index contributed by atoms with van der Waals surface area (Å²) in [6.45, 7) is 2.00. The van der Waals surface area contributed by atoms with Crippen LogP contribution in [0.5, 0.6) is 0 Å². The smallest absolute Gasteiger partial charge is 0.772 e. The first-order chi connectivity index (χ1) is 3.62. The van der Waals surface area contributed by atoms with Crippen LogP contribution in [-0.2, 0) is 11.1 Å². The molecule has 1 aliphatic carbocycles. The quantitative estimate of drug-likeness (QED) is 0.332. The molecule has 0 aromatic rings. The van der Waals surface area contributed by atoms with E-state index in [-0.39, 0.29) is 35.0 Å². The normalized spacial score (nSPS) is 24.2. The summed E-state index contributed by atoms with van der Waals surface area (Å²) >= 11 is -1.82. The third-order valence-electron chi connectivity index (χ3n) is 1.57. The van der Waals surface area contributed by atoms with Crippen LogP contribution in [0.4, 0.5) is 0 Å². The first kappa shape index (κ1) is 10.1. The fraction of sp³-hybridized carbons (Fsp3) is 1.00. The van der Waals surface area contributed by atoms with Crippen LogP contribution in [-0.4, -0.2) is 14.5 Å². The van der Waals surface area contributed by atoms with Crippen LogP contribution in [0.25, 0.3) is 0 Å². The molecular weight excluding hydrogens is 147 g/mol. The second-order valence-electron chi connectivity index (χ2n) is 2.76. The first-order valence-corrected chi connectivity index (χ1v) is 3.93. The van der Waals surface area contributed by atoms with Gasteiger partial charge in [0.25, 0.3) is 0 Å². The van der Waals surface area contributed by atoms with E-state index in [0.29, 0.717) is 5.75 Å². The van der Waals surface area contributed by atoms with Crippen molar-refractivity contribution in [3.05, 3.63) is 0 Å². The zero-order chi connectivity index (χ0) is 6.20. The number of hydrogen-bond acceptors (Lipinski definition) is 2. The van der Waals surface area contributed by atoms with Crippen LogP contribution >= 0.6 is 0 Å². The van der Waals surface area contributed by atoms with E-state index in [1.54, 1.807) is 0 Å². The van der Waals surface area contributed by atoms with Gasteiger partial charge in [-0.15, -0.1) is 0 Å². The Hall–Kier alpha value is 1.11. The molecule has 0 amide bonds. The van der Waals surface area contributed by atoms with Gasteiger partial charge in [0.1, 0.15) is 0 Å². The van der Waals surface area contributed by atoms with E-state index in [2.05, 4.69) is 0 Å². The minimum absolute atomic E-state index is 0. The van der Waals surface area contributed by atoms with E-state index in [0.717, 1.165) is 12.8 Å². The maximum Gasteiger partial charge on any atom is 1.00 e. The van der Waals surface area contributed by atoms with Crippen LogP contribution in [0, 0.1) is 5.41 Å². The summed E-state index contributed by atoms with van der Waals surface area (Å²) in [5.41, 5.74) is 0.159. The molecule has 1 unspecified atom stereocenters. The van der Waals surface area contributed by atoms with Crippen molar-refractivity contribution in [1.82, 2.24) is 0 Å². The van der Waals surface area contributed by atoms with Crippen molar-refractivity contribution in [3.63, 3.8) is 0 Å². The van der Waals surface area contributed by atoms with Gasteiger partial charge in [0, 0.05) is 5.75 Å². The van der Waals surface area contributed by atoms with Gasteiger partial charge in [0.2, 0.25) is 0 Å². The molecule has 1 fully saturated rings. The Bertz CT molecular complexity index is 122. The summed E-state index contributed by atoms with van der Waals surface area (Å²) in [6.07, 6.45) is 2.17. The van der Waals surface area contributed by atoms with Crippen LogP contribution in [0.2, 0.25) is 0 Å². The number of rotatable bonds is 2. The largest absolute Gasteiger partial charge is 1.00 e. The van der Waals surface area contributed by atoms with Crippen molar-refractivity contribution in [2.75, 3.05) is 5.75 Å². The Labute approximate surface area is 80.0 Å². The molecule has 1 rings (SSSR count). The van der Waals surface area contributed by atoms with E-state index in [1.807, 2.05) is 6.92 Å². The Kier molecular flexibility index (Phi) is 3.92. The summed E-state index contributed by atoms with van der Waals surface area (Å²) < 4.78 is 20.1. The fourth-order valence-electron chi connectivity index (χ4n) is 0.642. The van der Waals surface area contributed by atoms with E-state index in [9.17, 15) is 8.76 Å². The van der Waals surface area contributed by atoms with Gasteiger partial charge in [0.05, 0.1) is 0 Å². The minimum atomic E-state index is -1.82. The Morgan fingerprint density at radius 3 is 2.22 bits per heavy atom. The van der Waals surface area contributed by atoms with Gasteiger partial charge in [-0.1, -0.05) is 18.0 Å². The van der Waals surface area contributed by atoms with Gasteiger partial charge >= 0.3 is 29.6 Å². The summed E-state index contributed by atoms with van der Waals surface area (Å²) in [5, 5.41) is 0. The topological polar surface area (TPSA) is 40.1 Å². The molecule has 2 nitrogen and oxygen atoms in total. The summed E-state index contributed by atoms with van der Waals surface area (Å²) in [5.74, 6) is 0.354. The molecule has 0 aromatic heterocycles. The maximum absolute atomic E-state index is 10.1. The van der Waals surface area contributed by atoms with Crippen LogP contribution < -0.4 is 29.6 Å². The van der Waals surface area contributed by atoms with Crippen molar-refractivity contribution in [2.24, 2.45) is 5.41 Å². The maximum atomic E-state index is 10.1. The third kappa shape index (κ3) is 3.73.